The van der Waals surface area contributed by atoms with E-state index in [9.17, 15) is 4.79 Å². The van der Waals surface area contributed by atoms with Gasteiger partial charge in [0.1, 0.15) is 0 Å². The van der Waals surface area contributed by atoms with Crippen LogP contribution in [0.3, 0.4) is 0 Å². The average Bonchev–Trinajstić information content (AvgIpc) is 1.82. The summed E-state index contributed by atoms with van der Waals surface area (Å²) in [4.78, 5) is 11.0. The Balaban J connectivity index is 2.18. The Morgan fingerprint density at radius 2 is 2.30 bits per heavy atom. The lowest BCUT2D eigenvalue weighted by atomic mass is 9.80. The number of carbonyl (C=O) groups is 1. The Morgan fingerprint density at radius 3 is 2.70 bits per heavy atom. The standard InChI is InChI=1S/C7H14N2O/c1-2-9-7(10)5-3-6(8)4-5/h5-6H,2-4,8H2,1H3,(H,9,10). The molecular weight excluding hydrogens is 128 g/mol. The third-order valence-corrected chi connectivity index (χ3v) is 1.90. The van der Waals surface area contributed by atoms with Crippen molar-refractivity contribution < 1.29 is 4.79 Å². The fourth-order valence-electron chi connectivity index (χ4n) is 1.19. The predicted molar refractivity (Wildman–Crippen MR) is 39.4 cm³/mol. The number of hydrogen-bond acceptors (Lipinski definition) is 2. The first kappa shape index (κ1) is 7.54. The smallest absolute Gasteiger partial charge is 0.223 e. The molecule has 1 fully saturated rings. The van der Waals surface area contributed by atoms with Crippen LogP contribution in [0.4, 0.5) is 0 Å². The lowest BCUT2D eigenvalue weighted by Crippen LogP contribution is -2.44. The maximum absolute atomic E-state index is 11.0. The maximum atomic E-state index is 11.0. The van der Waals surface area contributed by atoms with Crippen molar-refractivity contribution in [3.63, 3.8) is 0 Å². The highest BCUT2D eigenvalue weighted by molar-refractivity contribution is 5.79. The Morgan fingerprint density at radius 1 is 1.70 bits per heavy atom. The summed E-state index contributed by atoms with van der Waals surface area (Å²) in [5.74, 6) is 0.374. The van der Waals surface area contributed by atoms with Gasteiger partial charge in [0.25, 0.3) is 0 Å². The number of rotatable bonds is 2. The molecule has 1 amide bonds. The molecule has 0 aromatic rings. The molecule has 0 aromatic heterocycles. The van der Waals surface area contributed by atoms with Gasteiger partial charge in [0.05, 0.1) is 0 Å². The molecule has 3 heteroatoms. The Kier molecular flexibility index (Phi) is 2.27. The molecule has 0 saturated heterocycles. The van der Waals surface area contributed by atoms with Crippen LogP contribution in [0.5, 0.6) is 0 Å². The van der Waals surface area contributed by atoms with Crippen LogP contribution in [-0.4, -0.2) is 18.5 Å². The van der Waals surface area contributed by atoms with Crippen LogP contribution in [0.1, 0.15) is 19.8 Å². The quantitative estimate of drug-likeness (QED) is 0.564. The SMILES string of the molecule is CCNC(=O)C1CC(N)C1. The van der Waals surface area contributed by atoms with Crippen molar-refractivity contribution in [1.29, 1.82) is 0 Å². The monoisotopic (exact) mass is 142 g/mol. The molecule has 0 heterocycles. The van der Waals surface area contributed by atoms with E-state index in [0.717, 1.165) is 19.4 Å². The van der Waals surface area contributed by atoms with E-state index in [1.165, 1.54) is 0 Å². The molecule has 1 aliphatic carbocycles. The molecular formula is C7H14N2O. The summed E-state index contributed by atoms with van der Waals surface area (Å²) in [5, 5.41) is 2.77. The fraction of sp³-hybridized carbons (Fsp3) is 0.857. The van der Waals surface area contributed by atoms with Crippen LogP contribution < -0.4 is 11.1 Å². The van der Waals surface area contributed by atoms with Crippen LogP contribution in [0, 0.1) is 5.92 Å². The van der Waals surface area contributed by atoms with E-state index in [-0.39, 0.29) is 17.9 Å². The molecule has 0 bridgehead atoms. The average molecular weight is 142 g/mol. The molecule has 10 heavy (non-hydrogen) atoms. The van der Waals surface area contributed by atoms with Gasteiger partial charge in [-0.25, -0.2) is 0 Å². The second kappa shape index (κ2) is 3.01. The zero-order valence-corrected chi connectivity index (χ0v) is 6.26. The summed E-state index contributed by atoms with van der Waals surface area (Å²) in [6.45, 7) is 2.65. The molecule has 0 radical (unpaired) electrons. The molecule has 3 N–H and O–H groups in total. The lowest BCUT2D eigenvalue weighted by Gasteiger charge is -2.30. The largest absolute Gasteiger partial charge is 0.356 e. The van der Waals surface area contributed by atoms with Crippen LogP contribution in [0.15, 0.2) is 0 Å². The van der Waals surface area contributed by atoms with Crippen molar-refractivity contribution in [3.05, 3.63) is 0 Å². The van der Waals surface area contributed by atoms with Gasteiger partial charge in [0.2, 0.25) is 5.91 Å². The van der Waals surface area contributed by atoms with Crippen molar-refractivity contribution in [3.8, 4) is 0 Å². The third kappa shape index (κ3) is 1.48. The first-order valence-electron chi connectivity index (χ1n) is 3.77. The van der Waals surface area contributed by atoms with E-state index in [0.29, 0.717) is 0 Å². The number of nitrogens with one attached hydrogen (secondary N) is 1. The van der Waals surface area contributed by atoms with Crippen molar-refractivity contribution in [1.82, 2.24) is 5.32 Å². The van der Waals surface area contributed by atoms with Gasteiger partial charge in [-0.15, -0.1) is 0 Å². The molecule has 1 aliphatic rings. The first-order valence-corrected chi connectivity index (χ1v) is 3.77. The Hall–Kier alpha value is -0.570. The van der Waals surface area contributed by atoms with E-state index in [1.807, 2.05) is 6.92 Å². The summed E-state index contributed by atoms with van der Waals surface area (Å²) >= 11 is 0. The number of hydrogen-bond donors (Lipinski definition) is 2. The van der Waals surface area contributed by atoms with Gasteiger partial charge in [-0.05, 0) is 19.8 Å². The molecule has 1 rings (SSSR count). The van der Waals surface area contributed by atoms with Crippen LogP contribution in [0.2, 0.25) is 0 Å². The highest BCUT2D eigenvalue weighted by Crippen LogP contribution is 2.25. The minimum atomic E-state index is 0.171. The molecule has 0 unspecified atom stereocenters. The lowest BCUT2D eigenvalue weighted by molar-refractivity contribution is -0.127. The summed E-state index contributed by atoms with van der Waals surface area (Å²) in [6.07, 6.45) is 1.73. The van der Waals surface area contributed by atoms with Gasteiger partial charge >= 0.3 is 0 Å². The van der Waals surface area contributed by atoms with Crippen molar-refractivity contribution in [2.75, 3.05) is 6.54 Å². The van der Waals surface area contributed by atoms with Crippen LogP contribution in [0.25, 0.3) is 0 Å². The molecule has 1 saturated carbocycles. The summed E-state index contributed by atoms with van der Waals surface area (Å²) in [6, 6.07) is 0.271. The number of carbonyl (C=O) groups excluding carboxylic acids is 1. The summed E-state index contributed by atoms with van der Waals surface area (Å²) < 4.78 is 0. The van der Waals surface area contributed by atoms with Gasteiger partial charge in [-0.1, -0.05) is 0 Å². The van der Waals surface area contributed by atoms with E-state index < -0.39 is 0 Å². The molecule has 3 nitrogen and oxygen atoms in total. The first-order chi connectivity index (χ1) is 4.74. The molecule has 58 valence electrons. The molecule has 0 aliphatic heterocycles. The van der Waals surface area contributed by atoms with Crippen LogP contribution in [-0.2, 0) is 4.79 Å². The number of amides is 1. The number of nitrogens with two attached hydrogens (primary N) is 1. The normalized spacial score (nSPS) is 31.0. The van der Waals surface area contributed by atoms with Gasteiger partial charge in [0, 0.05) is 18.5 Å². The second-order valence-electron chi connectivity index (χ2n) is 2.82. The van der Waals surface area contributed by atoms with Gasteiger partial charge in [-0.2, -0.15) is 0 Å². The summed E-state index contributed by atoms with van der Waals surface area (Å²) in [5.41, 5.74) is 5.52. The topological polar surface area (TPSA) is 55.1 Å². The van der Waals surface area contributed by atoms with Gasteiger partial charge in [0.15, 0.2) is 0 Å². The van der Waals surface area contributed by atoms with E-state index >= 15 is 0 Å². The fourth-order valence-corrected chi connectivity index (χ4v) is 1.19. The minimum Gasteiger partial charge on any atom is -0.356 e. The summed E-state index contributed by atoms with van der Waals surface area (Å²) in [7, 11) is 0. The Bertz CT molecular complexity index is 130. The highest BCUT2D eigenvalue weighted by atomic mass is 16.1. The highest BCUT2D eigenvalue weighted by Gasteiger charge is 2.31. The zero-order valence-electron chi connectivity index (χ0n) is 6.26. The van der Waals surface area contributed by atoms with Crippen molar-refractivity contribution in [2.45, 2.75) is 25.8 Å². The van der Waals surface area contributed by atoms with Gasteiger partial charge in [-0.3, -0.25) is 4.79 Å². The van der Waals surface area contributed by atoms with E-state index in [4.69, 9.17) is 5.73 Å². The second-order valence-corrected chi connectivity index (χ2v) is 2.82. The zero-order chi connectivity index (χ0) is 7.56. The van der Waals surface area contributed by atoms with Gasteiger partial charge < -0.3 is 11.1 Å². The van der Waals surface area contributed by atoms with Crippen molar-refractivity contribution in [2.24, 2.45) is 11.7 Å². The maximum Gasteiger partial charge on any atom is 0.223 e. The minimum absolute atomic E-state index is 0.171. The van der Waals surface area contributed by atoms with Crippen LogP contribution >= 0.6 is 0 Å². The molecule has 0 aromatic carbocycles. The third-order valence-electron chi connectivity index (χ3n) is 1.90. The van der Waals surface area contributed by atoms with E-state index in [2.05, 4.69) is 5.32 Å². The molecule has 0 spiro atoms. The van der Waals surface area contributed by atoms with E-state index in [1.54, 1.807) is 0 Å². The predicted octanol–water partition coefficient (Wildman–Crippen LogP) is -0.140. The van der Waals surface area contributed by atoms with Crippen molar-refractivity contribution >= 4 is 5.91 Å². The Labute approximate surface area is 61.0 Å². The molecule has 0 atom stereocenters.